The van der Waals surface area contributed by atoms with Gasteiger partial charge < -0.3 is 4.90 Å². The number of anilines is 1. The van der Waals surface area contributed by atoms with E-state index in [-0.39, 0.29) is 0 Å². The molecule has 0 unspecified atom stereocenters. The average Bonchev–Trinajstić information content (AvgIpc) is 2.39. The summed E-state index contributed by atoms with van der Waals surface area (Å²) in [4.78, 5) is 2.08. The van der Waals surface area contributed by atoms with Gasteiger partial charge in [-0.2, -0.15) is 0 Å². The van der Waals surface area contributed by atoms with Crippen LogP contribution in [0, 0.1) is 6.92 Å². The number of nitrogens with two attached hydrogens (primary N) is 1. The van der Waals surface area contributed by atoms with Gasteiger partial charge in [-0.25, -0.2) is 0 Å². The van der Waals surface area contributed by atoms with E-state index in [1.54, 1.807) is 0 Å². The van der Waals surface area contributed by atoms with Gasteiger partial charge in [-0.3, -0.25) is 5.41 Å². The third-order valence-electron chi connectivity index (χ3n) is 3.06. The second-order valence-electron chi connectivity index (χ2n) is 4.72. The first-order valence-electron chi connectivity index (χ1n) is 6.05. The molecule has 0 atom stereocenters. The highest BCUT2D eigenvalue weighted by atomic mass is 15.1. The third kappa shape index (κ3) is 2.59. The molecule has 0 amide bonds. The molecule has 2 aromatic carbocycles. The van der Waals surface area contributed by atoms with Crippen molar-refractivity contribution >= 4 is 11.4 Å². The van der Waals surface area contributed by atoms with Crippen LogP contribution in [0.5, 0.6) is 0 Å². The molecule has 0 saturated heterocycles. The SMILES string of the molecule is Cc1ccc(C(=[NH2+])c2ccc(N(C)C)cc2)cc1. The predicted octanol–water partition coefficient (Wildman–Crippen LogP) is 1.66. The van der Waals surface area contributed by atoms with Crippen LogP contribution in [0.4, 0.5) is 5.69 Å². The van der Waals surface area contributed by atoms with E-state index in [2.05, 4.69) is 60.4 Å². The van der Waals surface area contributed by atoms with Gasteiger partial charge in [-0.1, -0.05) is 17.7 Å². The Bertz CT molecular complexity index is 536. The second-order valence-corrected chi connectivity index (χ2v) is 4.72. The number of hydrogen-bond donors (Lipinski definition) is 1. The number of nitrogens with zero attached hydrogens (tertiary/aromatic N) is 1. The molecular formula is C16H19N2+. The van der Waals surface area contributed by atoms with Gasteiger partial charge in [0.15, 0.2) is 0 Å². The smallest absolute Gasteiger partial charge is 0.211 e. The summed E-state index contributed by atoms with van der Waals surface area (Å²) in [5.41, 5.74) is 5.37. The second kappa shape index (κ2) is 5.05. The van der Waals surface area contributed by atoms with Crippen molar-refractivity contribution in [1.29, 1.82) is 0 Å². The third-order valence-corrected chi connectivity index (χ3v) is 3.06. The molecule has 0 radical (unpaired) electrons. The van der Waals surface area contributed by atoms with Crippen LogP contribution in [-0.2, 0) is 0 Å². The minimum absolute atomic E-state index is 0.820. The van der Waals surface area contributed by atoms with E-state index >= 15 is 0 Å². The fraction of sp³-hybridized carbons (Fsp3) is 0.188. The lowest BCUT2D eigenvalue weighted by molar-refractivity contribution is -0.111. The van der Waals surface area contributed by atoms with Crippen LogP contribution in [0.25, 0.3) is 0 Å². The maximum absolute atomic E-state index is 6.20. The van der Waals surface area contributed by atoms with Gasteiger partial charge in [0, 0.05) is 30.9 Å². The van der Waals surface area contributed by atoms with E-state index in [1.807, 2.05) is 14.1 Å². The summed E-state index contributed by atoms with van der Waals surface area (Å²) >= 11 is 0. The zero-order valence-corrected chi connectivity index (χ0v) is 11.1. The van der Waals surface area contributed by atoms with Crippen molar-refractivity contribution in [3.8, 4) is 0 Å². The van der Waals surface area contributed by atoms with Crippen molar-refractivity contribution < 1.29 is 5.41 Å². The molecule has 0 bridgehead atoms. The van der Waals surface area contributed by atoms with E-state index in [9.17, 15) is 0 Å². The summed E-state index contributed by atoms with van der Waals surface area (Å²) in [6, 6.07) is 16.6. The summed E-state index contributed by atoms with van der Waals surface area (Å²) in [5.74, 6) is 0. The molecule has 2 aromatic rings. The Morgan fingerprint density at radius 1 is 0.833 bits per heavy atom. The number of benzene rings is 2. The summed E-state index contributed by atoms with van der Waals surface area (Å²) in [7, 11) is 4.06. The van der Waals surface area contributed by atoms with Crippen molar-refractivity contribution in [2.45, 2.75) is 6.92 Å². The van der Waals surface area contributed by atoms with E-state index < -0.39 is 0 Å². The molecule has 92 valence electrons. The standard InChI is InChI=1S/C16H18N2/c1-12-4-6-13(7-5-12)16(17)14-8-10-15(11-9-14)18(2)3/h4-11,17H,1-3H3/p+1. The van der Waals surface area contributed by atoms with Gasteiger partial charge in [-0.05, 0) is 43.3 Å². The maximum Gasteiger partial charge on any atom is 0.211 e. The Labute approximate surface area is 108 Å². The van der Waals surface area contributed by atoms with Gasteiger partial charge in [0.05, 0.1) is 0 Å². The van der Waals surface area contributed by atoms with E-state index in [1.165, 1.54) is 11.3 Å². The topological polar surface area (TPSA) is 28.8 Å². The zero-order chi connectivity index (χ0) is 13.1. The molecule has 0 saturated carbocycles. The van der Waals surface area contributed by atoms with Crippen molar-refractivity contribution in [3.63, 3.8) is 0 Å². The first kappa shape index (κ1) is 12.4. The lowest BCUT2D eigenvalue weighted by Gasteiger charge is -2.12. The Balaban J connectivity index is 2.26. The van der Waals surface area contributed by atoms with Crippen LogP contribution in [0.15, 0.2) is 48.5 Å². The van der Waals surface area contributed by atoms with Gasteiger partial charge in [0.2, 0.25) is 5.71 Å². The minimum atomic E-state index is 0.820. The molecule has 18 heavy (non-hydrogen) atoms. The Hall–Kier alpha value is -2.09. The molecule has 2 heteroatoms. The largest absolute Gasteiger partial charge is 0.378 e. The summed E-state index contributed by atoms with van der Waals surface area (Å²) < 4.78 is 0. The molecule has 0 aliphatic carbocycles. The van der Waals surface area contributed by atoms with Crippen molar-refractivity contribution in [2.24, 2.45) is 0 Å². The van der Waals surface area contributed by atoms with Crippen LogP contribution < -0.4 is 10.3 Å². The van der Waals surface area contributed by atoms with E-state index in [0.29, 0.717) is 0 Å². The van der Waals surface area contributed by atoms with Crippen molar-refractivity contribution in [3.05, 3.63) is 65.2 Å². The van der Waals surface area contributed by atoms with Crippen LogP contribution >= 0.6 is 0 Å². The van der Waals surface area contributed by atoms with Crippen molar-refractivity contribution in [2.75, 3.05) is 19.0 Å². The van der Waals surface area contributed by atoms with Crippen molar-refractivity contribution in [1.82, 2.24) is 0 Å². The van der Waals surface area contributed by atoms with Crippen LogP contribution in [0.3, 0.4) is 0 Å². The van der Waals surface area contributed by atoms with Crippen LogP contribution in [0.2, 0.25) is 0 Å². The predicted molar refractivity (Wildman–Crippen MR) is 77.1 cm³/mol. The molecule has 2 nitrogen and oxygen atoms in total. The lowest BCUT2D eigenvalue weighted by atomic mass is 10.0. The molecule has 0 aliphatic heterocycles. The molecule has 0 heterocycles. The van der Waals surface area contributed by atoms with Gasteiger partial charge in [-0.15, -0.1) is 0 Å². The normalized spacial score (nSPS) is 10.2. The monoisotopic (exact) mass is 239 g/mol. The Morgan fingerprint density at radius 3 is 1.72 bits per heavy atom. The van der Waals surface area contributed by atoms with Crippen LogP contribution in [-0.4, -0.2) is 19.8 Å². The maximum atomic E-state index is 6.20. The highest BCUT2D eigenvalue weighted by Gasteiger charge is 2.10. The Kier molecular flexibility index (Phi) is 3.47. The number of rotatable bonds is 3. The fourth-order valence-electron chi connectivity index (χ4n) is 1.84. The molecule has 2 rings (SSSR count). The van der Waals surface area contributed by atoms with E-state index in [4.69, 9.17) is 5.41 Å². The molecule has 0 spiro atoms. The Morgan fingerprint density at radius 2 is 1.28 bits per heavy atom. The first-order valence-corrected chi connectivity index (χ1v) is 6.05. The van der Waals surface area contributed by atoms with Crippen LogP contribution in [0.1, 0.15) is 16.7 Å². The quantitative estimate of drug-likeness (QED) is 0.811. The van der Waals surface area contributed by atoms with Gasteiger partial charge in [0.25, 0.3) is 0 Å². The summed E-state index contributed by atoms with van der Waals surface area (Å²) in [6.45, 7) is 2.08. The molecule has 0 aliphatic rings. The highest BCUT2D eigenvalue weighted by molar-refractivity contribution is 6.08. The fourth-order valence-corrected chi connectivity index (χ4v) is 1.84. The number of hydrogen-bond acceptors (Lipinski definition) is 1. The average molecular weight is 239 g/mol. The van der Waals surface area contributed by atoms with Gasteiger partial charge >= 0.3 is 0 Å². The first-order chi connectivity index (χ1) is 8.58. The van der Waals surface area contributed by atoms with Gasteiger partial charge in [0.1, 0.15) is 0 Å². The zero-order valence-electron chi connectivity index (χ0n) is 11.1. The number of aryl methyl sites for hydroxylation is 1. The van der Waals surface area contributed by atoms with E-state index in [0.717, 1.165) is 16.8 Å². The lowest BCUT2D eigenvalue weighted by Crippen LogP contribution is -2.41. The molecular weight excluding hydrogens is 220 g/mol. The molecule has 0 aromatic heterocycles. The minimum Gasteiger partial charge on any atom is -0.378 e. The highest BCUT2D eigenvalue weighted by Crippen LogP contribution is 2.14. The molecule has 0 fully saturated rings. The molecule has 2 N–H and O–H groups in total. The summed E-state index contributed by atoms with van der Waals surface area (Å²) in [6.07, 6.45) is 0. The summed E-state index contributed by atoms with van der Waals surface area (Å²) in [5, 5.41) is 6.20.